The molecule has 0 N–H and O–H groups in total. The molecule has 0 aromatic rings. The molecule has 8 heteroatoms. The molecule has 3 saturated heterocycles. The Labute approximate surface area is 189 Å². The van der Waals surface area contributed by atoms with Gasteiger partial charge in [0.25, 0.3) is 0 Å². The first kappa shape index (κ1) is 21.7. The van der Waals surface area contributed by atoms with E-state index in [0.717, 1.165) is 5.92 Å². The number of rotatable bonds is 6. The van der Waals surface area contributed by atoms with Gasteiger partial charge in [0.15, 0.2) is 0 Å². The molecule has 0 amide bonds. The molecule has 5 nitrogen and oxygen atoms in total. The van der Waals surface area contributed by atoms with Crippen LogP contribution in [0.1, 0.15) is 26.2 Å². The fourth-order valence-electron chi connectivity index (χ4n) is 3.42. The van der Waals surface area contributed by atoms with Crippen LogP contribution in [0.25, 0.3) is 0 Å². The summed E-state index contributed by atoms with van der Waals surface area (Å²) >= 11 is 2.96. The van der Waals surface area contributed by atoms with Gasteiger partial charge in [-0.1, -0.05) is 0 Å². The minimum atomic E-state index is 0.215. The van der Waals surface area contributed by atoms with Gasteiger partial charge in [0.2, 0.25) is 0 Å². The Morgan fingerprint density at radius 3 is 1.96 bits per heavy atom. The van der Waals surface area contributed by atoms with Gasteiger partial charge < -0.3 is 0 Å². The Hall–Kier alpha value is 1.99. The third kappa shape index (κ3) is 8.09. The standard InChI is InChI=1S/C17H34I3N5/c1-17-3-7-24(8-4-17)19-16-22-10-13-25(14-11-22)20-15-21-5-2-6-23(18)12-9-21/h17H,2-16H2,1H3/q-2. The molecule has 150 valence electrons. The van der Waals surface area contributed by atoms with Crippen molar-refractivity contribution in [3.05, 3.63) is 0 Å². The van der Waals surface area contributed by atoms with E-state index in [9.17, 15) is 0 Å². The summed E-state index contributed by atoms with van der Waals surface area (Å²) in [5.41, 5.74) is 0. The van der Waals surface area contributed by atoms with Gasteiger partial charge >= 0.3 is 192 Å². The van der Waals surface area contributed by atoms with E-state index in [1.165, 1.54) is 93.8 Å². The van der Waals surface area contributed by atoms with Crippen LogP contribution in [0.2, 0.25) is 0 Å². The second-order valence-corrected chi connectivity index (χ2v) is 14.3. The summed E-state index contributed by atoms with van der Waals surface area (Å²) in [7, 11) is 0. The van der Waals surface area contributed by atoms with Crippen molar-refractivity contribution in [1.29, 1.82) is 0 Å². The molecule has 0 aromatic carbocycles. The van der Waals surface area contributed by atoms with Crippen LogP contribution in [0.5, 0.6) is 0 Å². The molecule has 3 aliphatic heterocycles. The van der Waals surface area contributed by atoms with Crippen molar-refractivity contribution in [2.75, 3.05) is 74.6 Å². The zero-order chi connectivity index (χ0) is 17.5. The molecule has 0 unspecified atom stereocenters. The molecule has 3 heterocycles. The summed E-state index contributed by atoms with van der Waals surface area (Å²) in [6, 6.07) is 0. The molecule has 3 aliphatic rings. The predicted molar refractivity (Wildman–Crippen MR) is 105 cm³/mol. The van der Waals surface area contributed by atoms with Crippen molar-refractivity contribution in [1.82, 2.24) is 19.1 Å². The van der Waals surface area contributed by atoms with Crippen LogP contribution in [0.3, 0.4) is 0 Å². The van der Waals surface area contributed by atoms with Crippen molar-refractivity contribution in [3.63, 3.8) is 0 Å². The van der Waals surface area contributed by atoms with E-state index in [0.29, 0.717) is 0 Å². The van der Waals surface area contributed by atoms with Gasteiger partial charge in [-0.25, -0.2) is 0 Å². The van der Waals surface area contributed by atoms with E-state index < -0.39 is 0 Å². The van der Waals surface area contributed by atoms with E-state index >= 15 is 0 Å². The van der Waals surface area contributed by atoms with Crippen LogP contribution in [-0.4, -0.2) is 93.7 Å². The molecule has 0 aromatic heterocycles. The van der Waals surface area contributed by atoms with E-state index in [4.69, 9.17) is 0 Å². The van der Waals surface area contributed by atoms with Crippen molar-refractivity contribution >= 4 is 22.9 Å². The SMILES string of the molecule is CC1CCN([I-]CN2CCN([I-]CN3CCCN(I)CC3)CC2)CC1. The summed E-state index contributed by atoms with van der Waals surface area (Å²) in [6.45, 7) is 15.6. The van der Waals surface area contributed by atoms with E-state index in [-0.39, 0.29) is 43.0 Å². The average Bonchev–Trinajstić information content (AvgIpc) is 2.85. The number of piperazine rings is 1. The second kappa shape index (κ2) is 11.9. The third-order valence-electron chi connectivity index (χ3n) is 5.36. The first-order valence-electron chi connectivity index (χ1n) is 9.73. The van der Waals surface area contributed by atoms with Crippen molar-refractivity contribution in [2.24, 2.45) is 5.92 Å². The van der Waals surface area contributed by atoms with Crippen LogP contribution in [0, 0.1) is 5.92 Å². The molecular weight excluding hydrogens is 655 g/mol. The topological polar surface area (TPSA) is 16.2 Å². The molecule has 0 atom stereocenters. The van der Waals surface area contributed by atoms with Crippen molar-refractivity contribution in [2.45, 2.75) is 26.2 Å². The van der Waals surface area contributed by atoms with Gasteiger partial charge in [0, 0.05) is 0 Å². The first-order valence-corrected chi connectivity index (χ1v) is 15.7. The third-order valence-corrected chi connectivity index (χ3v) is 12.7. The number of hydrogen-bond donors (Lipinski definition) is 0. The van der Waals surface area contributed by atoms with Gasteiger partial charge in [0.05, 0.1) is 0 Å². The molecule has 0 radical (unpaired) electrons. The van der Waals surface area contributed by atoms with Crippen LogP contribution >= 0.6 is 22.9 Å². The summed E-state index contributed by atoms with van der Waals surface area (Å²) in [4.78, 5) is 5.48. The van der Waals surface area contributed by atoms with Gasteiger partial charge in [-0.05, 0) is 0 Å². The van der Waals surface area contributed by atoms with Crippen molar-refractivity contribution < 1.29 is 43.0 Å². The average molecular weight is 689 g/mol. The molecule has 0 spiro atoms. The maximum atomic E-state index is 2.81. The van der Waals surface area contributed by atoms with E-state index in [1.807, 2.05) is 0 Å². The molecule has 0 saturated carbocycles. The maximum absolute atomic E-state index is 2.81. The van der Waals surface area contributed by atoms with Crippen LogP contribution in [0.15, 0.2) is 0 Å². The summed E-state index contributed by atoms with van der Waals surface area (Å²) in [5.74, 6) is 0.969. The normalized spacial score (nSPS) is 27.9. The van der Waals surface area contributed by atoms with Crippen LogP contribution in [0.4, 0.5) is 0 Å². The zero-order valence-electron chi connectivity index (χ0n) is 15.6. The molecule has 3 rings (SSSR count). The Bertz CT molecular complexity index is 373. The molecule has 3 fully saturated rings. The summed E-state index contributed by atoms with van der Waals surface area (Å²) < 4.78 is 10.8. The number of piperidine rings is 1. The number of nitrogens with zero attached hydrogens (tertiary/aromatic N) is 5. The monoisotopic (exact) mass is 689 g/mol. The van der Waals surface area contributed by atoms with Gasteiger partial charge in [0.1, 0.15) is 0 Å². The fourth-order valence-corrected chi connectivity index (χ4v) is 9.42. The van der Waals surface area contributed by atoms with E-state index in [2.05, 4.69) is 48.9 Å². The Morgan fingerprint density at radius 1 is 0.720 bits per heavy atom. The minimum absolute atomic E-state index is 0.215. The Morgan fingerprint density at radius 2 is 1.28 bits per heavy atom. The number of hydrogen-bond acceptors (Lipinski definition) is 5. The molecule has 0 bridgehead atoms. The van der Waals surface area contributed by atoms with Crippen LogP contribution < -0.4 is 43.0 Å². The summed E-state index contributed by atoms with van der Waals surface area (Å²) in [6.07, 6.45) is 4.22. The van der Waals surface area contributed by atoms with Crippen molar-refractivity contribution in [3.8, 4) is 0 Å². The predicted octanol–water partition coefficient (Wildman–Crippen LogP) is -4.38. The first-order chi connectivity index (χ1) is 12.2. The molecule has 0 aliphatic carbocycles. The summed E-state index contributed by atoms with van der Waals surface area (Å²) in [5, 5.41) is 0. The van der Waals surface area contributed by atoms with Gasteiger partial charge in [-0.2, -0.15) is 0 Å². The number of halogens is 3. The molecular formula is C17H34I3N5-2. The van der Waals surface area contributed by atoms with Gasteiger partial charge in [-0.15, -0.1) is 0 Å². The van der Waals surface area contributed by atoms with Crippen LogP contribution in [-0.2, 0) is 0 Å². The Balaban J connectivity index is 1.26. The fraction of sp³-hybridized carbons (Fsp3) is 1.00. The second-order valence-electron chi connectivity index (χ2n) is 7.48. The number of alkyl halides is 2. The Kier molecular flexibility index (Phi) is 10.3. The molecule has 25 heavy (non-hydrogen) atoms. The zero-order valence-corrected chi connectivity index (χ0v) is 22.0. The quantitative estimate of drug-likeness (QED) is 0.121. The van der Waals surface area contributed by atoms with Gasteiger partial charge in [-0.3, -0.25) is 0 Å². The van der Waals surface area contributed by atoms with E-state index in [1.54, 1.807) is 0 Å².